The Morgan fingerprint density at radius 3 is 2.85 bits per heavy atom. The largest absolute Gasteiger partial charge is 0.497 e. The van der Waals surface area contributed by atoms with E-state index in [4.69, 9.17) is 9.15 Å². The third kappa shape index (κ3) is 3.36. The number of rotatable bonds is 7. The van der Waals surface area contributed by atoms with Crippen molar-refractivity contribution in [3.05, 3.63) is 30.2 Å². The molecule has 1 N–H and O–H groups in total. The highest BCUT2D eigenvalue weighted by molar-refractivity contribution is 5.55. The second kappa shape index (κ2) is 7.05. The maximum Gasteiger partial charge on any atom is 0.247 e. The fourth-order valence-electron chi connectivity index (χ4n) is 1.97. The molecule has 5 nitrogen and oxygen atoms in total. The number of nitrogens with zero attached hydrogens (tertiary/aromatic N) is 2. The molecule has 1 atom stereocenters. The average molecular weight is 275 g/mol. The fourth-order valence-corrected chi connectivity index (χ4v) is 1.97. The summed E-state index contributed by atoms with van der Waals surface area (Å²) in [5.74, 6) is 1.94. The summed E-state index contributed by atoms with van der Waals surface area (Å²) in [7, 11) is 1.64. The van der Waals surface area contributed by atoms with Gasteiger partial charge in [-0.25, -0.2) is 0 Å². The molecule has 1 unspecified atom stereocenters. The van der Waals surface area contributed by atoms with Gasteiger partial charge >= 0.3 is 0 Å². The van der Waals surface area contributed by atoms with Crippen LogP contribution in [0.2, 0.25) is 0 Å². The Balaban J connectivity index is 2.18. The highest BCUT2D eigenvalue weighted by Crippen LogP contribution is 2.25. The molecule has 0 saturated carbocycles. The minimum atomic E-state index is 0.113. The molecule has 2 aromatic rings. The third-order valence-corrected chi connectivity index (χ3v) is 3.10. The minimum Gasteiger partial charge on any atom is -0.497 e. The molecule has 0 spiro atoms. The van der Waals surface area contributed by atoms with Gasteiger partial charge in [0.25, 0.3) is 0 Å². The van der Waals surface area contributed by atoms with E-state index in [1.54, 1.807) is 7.11 Å². The lowest BCUT2D eigenvalue weighted by Crippen LogP contribution is -2.21. The zero-order valence-electron chi connectivity index (χ0n) is 12.2. The van der Waals surface area contributed by atoms with E-state index in [0.717, 1.165) is 30.7 Å². The van der Waals surface area contributed by atoms with Gasteiger partial charge in [0.05, 0.1) is 13.2 Å². The van der Waals surface area contributed by atoms with Crippen molar-refractivity contribution in [2.45, 2.75) is 32.7 Å². The predicted octanol–water partition coefficient (Wildman–Crippen LogP) is 3.20. The first-order chi connectivity index (χ1) is 9.78. The molecule has 1 aromatic carbocycles. The van der Waals surface area contributed by atoms with Crippen molar-refractivity contribution in [1.29, 1.82) is 0 Å². The van der Waals surface area contributed by atoms with Crippen molar-refractivity contribution in [1.82, 2.24) is 15.5 Å². The molecule has 1 heterocycles. The molecular weight excluding hydrogens is 254 g/mol. The number of ether oxygens (including phenoxy) is 1. The van der Waals surface area contributed by atoms with Crippen molar-refractivity contribution in [3.8, 4) is 17.2 Å². The molecule has 2 rings (SSSR count). The van der Waals surface area contributed by atoms with Gasteiger partial charge in [0.1, 0.15) is 5.75 Å². The third-order valence-electron chi connectivity index (χ3n) is 3.10. The van der Waals surface area contributed by atoms with Crippen LogP contribution < -0.4 is 10.1 Å². The Morgan fingerprint density at radius 2 is 2.15 bits per heavy atom. The number of methoxy groups -OCH3 is 1. The van der Waals surface area contributed by atoms with E-state index in [1.807, 2.05) is 24.3 Å². The molecule has 0 aliphatic heterocycles. The molecule has 0 aliphatic carbocycles. The number of nitrogens with one attached hydrogen (secondary N) is 1. The lowest BCUT2D eigenvalue weighted by molar-refractivity contribution is 0.395. The summed E-state index contributed by atoms with van der Waals surface area (Å²) in [5, 5.41) is 11.7. The van der Waals surface area contributed by atoms with Gasteiger partial charge in [0.15, 0.2) is 0 Å². The molecule has 0 saturated heterocycles. The summed E-state index contributed by atoms with van der Waals surface area (Å²) in [5.41, 5.74) is 0.869. The van der Waals surface area contributed by atoms with Crippen molar-refractivity contribution in [3.63, 3.8) is 0 Å². The Kier molecular flexibility index (Phi) is 5.12. The van der Waals surface area contributed by atoms with Gasteiger partial charge in [-0.05, 0) is 37.6 Å². The number of hydrogen-bond acceptors (Lipinski definition) is 5. The maximum atomic E-state index is 5.78. The summed E-state index contributed by atoms with van der Waals surface area (Å²) in [6.07, 6.45) is 1.99. The first-order valence-electron chi connectivity index (χ1n) is 6.99. The first-order valence-corrected chi connectivity index (χ1v) is 6.99. The quantitative estimate of drug-likeness (QED) is 0.840. The highest BCUT2D eigenvalue weighted by atomic mass is 16.5. The van der Waals surface area contributed by atoms with Crippen LogP contribution in [0.25, 0.3) is 11.5 Å². The zero-order valence-corrected chi connectivity index (χ0v) is 12.2. The Morgan fingerprint density at radius 1 is 1.30 bits per heavy atom. The van der Waals surface area contributed by atoms with E-state index >= 15 is 0 Å². The molecule has 0 amide bonds. The van der Waals surface area contributed by atoms with Gasteiger partial charge in [-0.3, -0.25) is 0 Å². The van der Waals surface area contributed by atoms with Crippen molar-refractivity contribution >= 4 is 0 Å². The summed E-state index contributed by atoms with van der Waals surface area (Å²) < 4.78 is 11.0. The second-order valence-corrected chi connectivity index (χ2v) is 4.59. The molecule has 0 radical (unpaired) electrons. The zero-order chi connectivity index (χ0) is 14.4. The minimum absolute atomic E-state index is 0.113. The molecule has 0 bridgehead atoms. The normalized spacial score (nSPS) is 12.3. The van der Waals surface area contributed by atoms with E-state index in [1.165, 1.54) is 0 Å². The number of hydrogen-bond donors (Lipinski definition) is 1. The monoisotopic (exact) mass is 275 g/mol. The first kappa shape index (κ1) is 14.5. The summed E-state index contributed by atoms with van der Waals surface area (Å²) >= 11 is 0. The molecule has 5 heteroatoms. The summed E-state index contributed by atoms with van der Waals surface area (Å²) in [4.78, 5) is 0. The van der Waals surface area contributed by atoms with Crippen LogP contribution in [0.5, 0.6) is 5.75 Å². The van der Waals surface area contributed by atoms with Gasteiger partial charge in [-0.1, -0.05) is 19.9 Å². The topological polar surface area (TPSA) is 60.2 Å². The van der Waals surface area contributed by atoms with E-state index in [-0.39, 0.29) is 6.04 Å². The molecule has 0 aliphatic rings. The van der Waals surface area contributed by atoms with Gasteiger partial charge in [-0.15, -0.1) is 10.2 Å². The van der Waals surface area contributed by atoms with Gasteiger partial charge in [-0.2, -0.15) is 0 Å². The average Bonchev–Trinajstić information content (AvgIpc) is 2.98. The van der Waals surface area contributed by atoms with Crippen LogP contribution in [-0.4, -0.2) is 23.9 Å². The van der Waals surface area contributed by atoms with Crippen LogP contribution >= 0.6 is 0 Å². The Bertz CT molecular complexity index is 539. The summed E-state index contributed by atoms with van der Waals surface area (Å²) in [6, 6.07) is 7.72. The SMILES string of the molecule is CCCNC(CC)c1nnc(-c2cccc(OC)c2)o1. The van der Waals surface area contributed by atoms with Gasteiger partial charge in [0.2, 0.25) is 11.8 Å². The van der Waals surface area contributed by atoms with Crippen molar-refractivity contribution in [2.75, 3.05) is 13.7 Å². The van der Waals surface area contributed by atoms with Crippen LogP contribution in [0.15, 0.2) is 28.7 Å². The number of benzene rings is 1. The molecule has 20 heavy (non-hydrogen) atoms. The maximum absolute atomic E-state index is 5.78. The van der Waals surface area contributed by atoms with Crippen LogP contribution in [0.3, 0.4) is 0 Å². The molecule has 1 aromatic heterocycles. The van der Waals surface area contributed by atoms with Crippen molar-refractivity contribution < 1.29 is 9.15 Å². The summed E-state index contributed by atoms with van der Waals surface area (Å²) in [6.45, 7) is 5.17. The van der Waals surface area contributed by atoms with Crippen LogP contribution in [-0.2, 0) is 0 Å². The number of aromatic nitrogens is 2. The van der Waals surface area contributed by atoms with Crippen LogP contribution in [0.1, 0.15) is 38.6 Å². The van der Waals surface area contributed by atoms with E-state index < -0.39 is 0 Å². The Hall–Kier alpha value is -1.88. The van der Waals surface area contributed by atoms with Crippen LogP contribution in [0.4, 0.5) is 0 Å². The highest BCUT2D eigenvalue weighted by Gasteiger charge is 2.17. The van der Waals surface area contributed by atoms with E-state index in [9.17, 15) is 0 Å². The molecular formula is C15H21N3O2. The molecule has 108 valence electrons. The van der Waals surface area contributed by atoms with Crippen molar-refractivity contribution in [2.24, 2.45) is 0 Å². The van der Waals surface area contributed by atoms with E-state index in [0.29, 0.717) is 11.8 Å². The molecule has 0 fully saturated rings. The van der Waals surface area contributed by atoms with E-state index in [2.05, 4.69) is 29.4 Å². The standard InChI is InChI=1S/C15H21N3O2/c1-4-9-16-13(5-2)15-18-17-14(20-15)11-7-6-8-12(10-11)19-3/h6-8,10,13,16H,4-5,9H2,1-3H3. The fraction of sp³-hybridized carbons (Fsp3) is 0.467. The van der Waals surface area contributed by atoms with Crippen LogP contribution in [0, 0.1) is 0 Å². The second-order valence-electron chi connectivity index (χ2n) is 4.59. The van der Waals surface area contributed by atoms with Gasteiger partial charge < -0.3 is 14.5 Å². The van der Waals surface area contributed by atoms with Gasteiger partial charge in [0, 0.05) is 5.56 Å². The lowest BCUT2D eigenvalue weighted by Gasteiger charge is -2.11. The smallest absolute Gasteiger partial charge is 0.247 e. The Labute approximate surface area is 119 Å². The lowest BCUT2D eigenvalue weighted by atomic mass is 10.2. The predicted molar refractivity (Wildman–Crippen MR) is 77.6 cm³/mol.